The van der Waals surface area contributed by atoms with Gasteiger partial charge in [-0.25, -0.2) is 4.98 Å². The molecule has 1 aromatic heterocycles. The lowest BCUT2D eigenvalue weighted by molar-refractivity contribution is 0.0947. The first-order chi connectivity index (χ1) is 9.75. The van der Waals surface area contributed by atoms with Crippen molar-refractivity contribution in [3.63, 3.8) is 0 Å². The van der Waals surface area contributed by atoms with E-state index in [4.69, 9.17) is 0 Å². The molecule has 1 amide bonds. The summed E-state index contributed by atoms with van der Waals surface area (Å²) in [6.45, 7) is 2.56. The summed E-state index contributed by atoms with van der Waals surface area (Å²) in [7, 11) is 2.09. The standard InChI is InChI=1S/C15H19N3OS/c1-18(10-13-6-3-2-4-7-13)9-5-8-16-15(19)14-11-20-12-17-14/h2-4,6-7,11-12H,5,8-10H2,1H3,(H,16,19). The van der Waals surface area contributed by atoms with Crippen molar-refractivity contribution in [1.29, 1.82) is 0 Å². The van der Waals surface area contributed by atoms with Crippen LogP contribution in [-0.4, -0.2) is 35.9 Å². The number of nitrogens with one attached hydrogen (secondary N) is 1. The zero-order chi connectivity index (χ0) is 14.2. The van der Waals surface area contributed by atoms with Crippen LogP contribution in [0.15, 0.2) is 41.2 Å². The van der Waals surface area contributed by atoms with Crippen molar-refractivity contribution < 1.29 is 4.79 Å². The van der Waals surface area contributed by atoms with E-state index in [1.807, 2.05) is 6.07 Å². The van der Waals surface area contributed by atoms with Gasteiger partial charge in [0.15, 0.2) is 0 Å². The van der Waals surface area contributed by atoms with Crippen molar-refractivity contribution in [3.8, 4) is 0 Å². The second-order valence-corrected chi connectivity index (χ2v) is 5.43. The van der Waals surface area contributed by atoms with Crippen LogP contribution in [0.4, 0.5) is 0 Å². The molecule has 106 valence electrons. The normalized spacial score (nSPS) is 10.7. The van der Waals surface area contributed by atoms with E-state index in [1.165, 1.54) is 16.9 Å². The van der Waals surface area contributed by atoms with Crippen molar-refractivity contribution in [3.05, 3.63) is 52.5 Å². The molecule has 0 aliphatic carbocycles. The smallest absolute Gasteiger partial charge is 0.270 e. The highest BCUT2D eigenvalue weighted by Gasteiger charge is 2.06. The molecule has 2 rings (SSSR count). The molecule has 0 atom stereocenters. The van der Waals surface area contributed by atoms with Crippen LogP contribution in [0.5, 0.6) is 0 Å². The summed E-state index contributed by atoms with van der Waals surface area (Å²) in [5.41, 5.74) is 3.48. The summed E-state index contributed by atoms with van der Waals surface area (Å²) in [5.74, 6) is -0.0861. The van der Waals surface area contributed by atoms with Gasteiger partial charge in [0.25, 0.3) is 5.91 Å². The Morgan fingerprint density at radius 2 is 2.15 bits per heavy atom. The SMILES string of the molecule is CN(CCCNC(=O)c1cscn1)Cc1ccccc1. The van der Waals surface area contributed by atoms with Crippen molar-refractivity contribution >= 4 is 17.2 Å². The van der Waals surface area contributed by atoms with Gasteiger partial charge in [-0.15, -0.1) is 11.3 Å². The Balaban J connectivity index is 1.62. The van der Waals surface area contributed by atoms with Crippen LogP contribution >= 0.6 is 11.3 Å². The van der Waals surface area contributed by atoms with Crippen LogP contribution in [0, 0.1) is 0 Å². The molecule has 0 saturated heterocycles. The Morgan fingerprint density at radius 1 is 1.35 bits per heavy atom. The summed E-state index contributed by atoms with van der Waals surface area (Å²) in [5, 5.41) is 4.64. The summed E-state index contributed by atoms with van der Waals surface area (Å²) >= 11 is 1.43. The molecule has 4 nitrogen and oxygen atoms in total. The van der Waals surface area contributed by atoms with Gasteiger partial charge in [0.2, 0.25) is 0 Å². The van der Waals surface area contributed by atoms with Crippen molar-refractivity contribution in [1.82, 2.24) is 15.2 Å². The Morgan fingerprint density at radius 3 is 2.85 bits per heavy atom. The van der Waals surface area contributed by atoms with Gasteiger partial charge < -0.3 is 10.2 Å². The molecule has 0 spiro atoms. The maximum Gasteiger partial charge on any atom is 0.270 e. The fourth-order valence-corrected chi connectivity index (χ4v) is 2.47. The van der Waals surface area contributed by atoms with E-state index in [1.54, 1.807) is 10.9 Å². The largest absolute Gasteiger partial charge is 0.351 e. The van der Waals surface area contributed by atoms with Gasteiger partial charge in [0.1, 0.15) is 5.69 Å². The molecular weight excluding hydrogens is 270 g/mol. The topological polar surface area (TPSA) is 45.2 Å². The molecule has 2 aromatic rings. The summed E-state index contributed by atoms with van der Waals surface area (Å²) in [6.07, 6.45) is 0.930. The number of carbonyl (C=O) groups excluding carboxylic acids is 1. The van der Waals surface area contributed by atoms with Crippen LogP contribution in [0.3, 0.4) is 0 Å². The first-order valence-electron chi connectivity index (χ1n) is 6.64. The maximum atomic E-state index is 11.7. The van der Waals surface area contributed by atoms with Gasteiger partial charge >= 0.3 is 0 Å². The highest BCUT2D eigenvalue weighted by molar-refractivity contribution is 7.07. The number of amides is 1. The third kappa shape index (κ3) is 4.75. The van der Waals surface area contributed by atoms with Crippen LogP contribution < -0.4 is 5.32 Å². The van der Waals surface area contributed by atoms with E-state index in [0.29, 0.717) is 12.2 Å². The number of benzene rings is 1. The van der Waals surface area contributed by atoms with Gasteiger partial charge in [-0.1, -0.05) is 30.3 Å². The van der Waals surface area contributed by atoms with E-state index >= 15 is 0 Å². The average Bonchev–Trinajstić information content (AvgIpc) is 2.99. The predicted octanol–water partition coefficient (Wildman–Crippen LogP) is 2.40. The van der Waals surface area contributed by atoms with Crippen LogP contribution in [-0.2, 0) is 6.54 Å². The highest BCUT2D eigenvalue weighted by Crippen LogP contribution is 2.03. The monoisotopic (exact) mass is 289 g/mol. The molecule has 0 fully saturated rings. The van der Waals surface area contributed by atoms with Crippen molar-refractivity contribution in [2.45, 2.75) is 13.0 Å². The first kappa shape index (κ1) is 14.7. The Kier molecular flexibility index (Phi) is 5.70. The second kappa shape index (κ2) is 7.77. The molecule has 0 bridgehead atoms. The second-order valence-electron chi connectivity index (χ2n) is 4.71. The first-order valence-corrected chi connectivity index (χ1v) is 7.59. The minimum absolute atomic E-state index is 0.0861. The van der Waals surface area contributed by atoms with Crippen LogP contribution in [0.25, 0.3) is 0 Å². The van der Waals surface area contributed by atoms with Crippen LogP contribution in [0.1, 0.15) is 22.5 Å². The lowest BCUT2D eigenvalue weighted by Gasteiger charge is -2.16. The molecule has 0 unspecified atom stereocenters. The molecule has 1 aromatic carbocycles. The van der Waals surface area contributed by atoms with Gasteiger partial charge in [-0.3, -0.25) is 4.79 Å². The number of hydrogen-bond donors (Lipinski definition) is 1. The lowest BCUT2D eigenvalue weighted by Crippen LogP contribution is -2.28. The van der Waals surface area contributed by atoms with E-state index in [2.05, 4.69) is 46.5 Å². The molecule has 0 aliphatic heterocycles. The van der Waals surface area contributed by atoms with Crippen molar-refractivity contribution in [2.24, 2.45) is 0 Å². The van der Waals surface area contributed by atoms with Gasteiger partial charge in [0, 0.05) is 18.5 Å². The molecule has 1 heterocycles. The quantitative estimate of drug-likeness (QED) is 0.796. The average molecular weight is 289 g/mol. The van der Waals surface area contributed by atoms with E-state index in [0.717, 1.165) is 19.5 Å². The van der Waals surface area contributed by atoms with Crippen LogP contribution in [0.2, 0.25) is 0 Å². The highest BCUT2D eigenvalue weighted by atomic mass is 32.1. The fourth-order valence-electron chi connectivity index (χ4n) is 1.94. The van der Waals surface area contributed by atoms with Gasteiger partial charge in [-0.2, -0.15) is 0 Å². The zero-order valence-electron chi connectivity index (χ0n) is 11.6. The maximum absolute atomic E-state index is 11.7. The third-order valence-corrected chi connectivity index (χ3v) is 3.55. The Bertz CT molecular complexity index is 513. The van der Waals surface area contributed by atoms with Gasteiger partial charge in [0.05, 0.1) is 5.51 Å². The lowest BCUT2D eigenvalue weighted by atomic mass is 10.2. The number of hydrogen-bond acceptors (Lipinski definition) is 4. The summed E-state index contributed by atoms with van der Waals surface area (Å²) < 4.78 is 0. The molecule has 0 saturated carbocycles. The Labute approximate surface area is 123 Å². The number of thiazole rings is 1. The number of aromatic nitrogens is 1. The predicted molar refractivity (Wildman–Crippen MR) is 81.8 cm³/mol. The Hall–Kier alpha value is -1.72. The fraction of sp³-hybridized carbons (Fsp3) is 0.333. The van der Waals surface area contributed by atoms with E-state index in [9.17, 15) is 4.79 Å². The number of rotatable bonds is 7. The molecular formula is C15H19N3OS. The van der Waals surface area contributed by atoms with E-state index < -0.39 is 0 Å². The molecule has 1 N–H and O–H groups in total. The summed E-state index contributed by atoms with van der Waals surface area (Å²) in [4.78, 5) is 17.9. The molecule has 0 radical (unpaired) electrons. The summed E-state index contributed by atoms with van der Waals surface area (Å²) in [6, 6.07) is 10.4. The molecule has 20 heavy (non-hydrogen) atoms. The van der Waals surface area contributed by atoms with E-state index in [-0.39, 0.29) is 5.91 Å². The molecule has 0 aliphatic rings. The molecule has 5 heteroatoms. The van der Waals surface area contributed by atoms with Gasteiger partial charge in [-0.05, 0) is 25.6 Å². The van der Waals surface area contributed by atoms with Crippen molar-refractivity contribution in [2.75, 3.05) is 20.1 Å². The third-order valence-electron chi connectivity index (χ3n) is 2.96. The minimum Gasteiger partial charge on any atom is -0.351 e. The zero-order valence-corrected chi connectivity index (χ0v) is 12.4. The number of nitrogens with zero attached hydrogens (tertiary/aromatic N) is 2. The number of carbonyl (C=O) groups is 1. The minimum atomic E-state index is -0.0861.